The number of hydrogen-bond donors (Lipinski definition) is 1. The highest BCUT2D eigenvalue weighted by atomic mass is 35.5. The standard InChI is InChI=1S/C15H14ClFN4O/c1-15(20-14(22)6-16,13-8-19-9-21(13)2)11-4-3-10(7-18)12(17)5-11/h3-5,8-9H,6H2,1-2H3,(H,20,22). The van der Waals surface area contributed by atoms with E-state index in [0.29, 0.717) is 11.3 Å². The molecule has 0 aliphatic rings. The molecule has 0 radical (unpaired) electrons. The van der Waals surface area contributed by atoms with Crippen molar-refractivity contribution in [1.82, 2.24) is 14.9 Å². The van der Waals surface area contributed by atoms with E-state index in [0.717, 1.165) is 0 Å². The number of nitrogens with zero attached hydrogens (tertiary/aromatic N) is 3. The number of aryl methyl sites for hydroxylation is 1. The number of benzene rings is 1. The lowest BCUT2D eigenvalue weighted by Gasteiger charge is -2.31. The molecule has 7 heteroatoms. The summed E-state index contributed by atoms with van der Waals surface area (Å²) in [5.74, 6) is -1.25. The van der Waals surface area contributed by atoms with Gasteiger partial charge in [-0.15, -0.1) is 11.6 Å². The zero-order valence-electron chi connectivity index (χ0n) is 12.1. The minimum Gasteiger partial charge on any atom is -0.340 e. The van der Waals surface area contributed by atoms with Crippen LogP contribution in [0.25, 0.3) is 0 Å². The van der Waals surface area contributed by atoms with Crippen molar-refractivity contribution in [2.75, 3.05) is 5.88 Å². The maximum atomic E-state index is 14.0. The SMILES string of the molecule is Cn1cncc1C(C)(NC(=O)CCl)c1ccc(C#N)c(F)c1. The van der Waals surface area contributed by atoms with Crippen molar-refractivity contribution in [2.45, 2.75) is 12.5 Å². The Morgan fingerprint density at radius 3 is 2.82 bits per heavy atom. The average Bonchev–Trinajstić information content (AvgIpc) is 2.93. The first-order chi connectivity index (χ1) is 10.4. The van der Waals surface area contributed by atoms with Gasteiger partial charge in [-0.3, -0.25) is 4.79 Å². The summed E-state index contributed by atoms with van der Waals surface area (Å²) in [6.07, 6.45) is 3.17. The third kappa shape index (κ3) is 2.81. The molecule has 1 aromatic heterocycles. The molecule has 0 bridgehead atoms. The van der Waals surface area contributed by atoms with Gasteiger partial charge in [-0.2, -0.15) is 5.26 Å². The van der Waals surface area contributed by atoms with Crippen LogP contribution in [-0.4, -0.2) is 21.3 Å². The van der Waals surface area contributed by atoms with Crippen LogP contribution in [0.3, 0.4) is 0 Å². The molecular formula is C15H14ClFN4O. The number of nitrogens with one attached hydrogen (secondary N) is 1. The highest BCUT2D eigenvalue weighted by Gasteiger charge is 2.33. The second kappa shape index (κ2) is 6.16. The molecule has 0 fully saturated rings. The molecule has 2 rings (SSSR count). The number of carbonyl (C=O) groups is 1. The molecule has 1 N–H and O–H groups in total. The Labute approximate surface area is 132 Å². The minimum atomic E-state index is -1.02. The van der Waals surface area contributed by atoms with Crippen molar-refractivity contribution < 1.29 is 9.18 Å². The van der Waals surface area contributed by atoms with E-state index in [4.69, 9.17) is 16.9 Å². The van der Waals surface area contributed by atoms with Gasteiger partial charge in [0, 0.05) is 7.05 Å². The fraction of sp³-hybridized carbons (Fsp3) is 0.267. The van der Waals surface area contributed by atoms with Crippen molar-refractivity contribution in [3.63, 3.8) is 0 Å². The summed E-state index contributed by atoms with van der Waals surface area (Å²) in [6.45, 7) is 1.73. The van der Waals surface area contributed by atoms with Gasteiger partial charge in [0.05, 0.1) is 23.8 Å². The molecule has 1 heterocycles. The van der Waals surface area contributed by atoms with Crippen LogP contribution < -0.4 is 5.32 Å². The molecule has 0 aliphatic heterocycles. The lowest BCUT2D eigenvalue weighted by Crippen LogP contribution is -2.46. The third-order valence-corrected chi connectivity index (χ3v) is 3.75. The Bertz CT molecular complexity index is 752. The number of nitriles is 1. The Hall–Kier alpha value is -2.39. The number of halogens is 2. The van der Waals surface area contributed by atoms with Crippen molar-refractivity contribution in [3.8, 4) is 6.07 Å². The smallest absolute Gasteiger partial charge is 0.235 e. The second-order valence-electron chi connectivity index (χ2n) is 5.00. The van der Waals surface area contributed by atoms with Gasteiger partial charge >= 0.3 is 0 Å². The second-order valence-corrected chi connectivity index (χ2v) is 5.27. The molecule has 1 unspecified atom stereocenters. The summed E-state index contributed by atoms with van der Waals surface area (Å²) in [5, 5.41) is 11.6. The summed E-state index contributed by atoms with van der Waals surface area (Å²) >= 11 is 5.57. The van der Waals surface area contributed by atoms with Gasteiger partial charge in [-0.05, 0) is 24.6 Å². The van der Waals surface area contributed by atoms with E-state index >= 15 is 0 Å². The molecule has 114 valence electrons. The fourth-order valence-corrected chi connectivity index (χ4v) is 2.42. The first-order valence-corrected chi connectivity index (χ1v) is 6.99. The lowest BCUT2D eigenvalue weighted by atomic mass is 9.88. The fourth-order valence-electron chi connectivity index (χ4n) is 2.35. The van der Waals surface area contributed by atoms with Crippen LogP contribution >= 0.6 is 11.6 Å². The molecule has 1 amide bonds. The summed E-state index contributed by atoms with van der Waals surface area (Å²) < 4.78 is 15.7. The summed E-state index contributed by atoms with van der Waals surface area (Å²) in [5.41, 5.74) is 0.0763. The average molecular weight is 321 g/mol. The maximum absolute atomic E-state index is 14.0. The van der Waals surface area contributed by atoms with Crippen LogP contribution in [0.4, 0.5) is 4.39 Å². The Balaban J connectivity index is 2.59. The number of aromatic nitrogens is 2. The van der Waals surface area contributed by atoms with Gasteiger partial charge in [-0.25, -0.2) is 9.37 Å². The molecule has 0 aliphatic carbocycles. The van der Waals surface area contributed by atoms with E-state index in [-0.39, 0.29) is 11.4 Å². The van der Waals surface area contributed by atoms with E-state index in [9.17, 15) is 9.18 Å². The molecule has 2 aromatic rings. The van der Waals surface area contributed by atoms with Crippen LogP contribution in [0.5, 0.6) is 0 Å². The summed E-state index contributed by atoms with van der Waals surface area (Å²) in [7, 11) is 1.77. The highest BCUT2D eigenvalue weighted by Crippen LogP contribution is 2.30. The number of alkyl halides is 1. The van der Waals surface area contributed by atoms with Crippen molar-refractivity contribution in [2.24, 2.45) is 7.05 Å². The Morgan fingerprint density at radius 1 is 1.59 bits per heavy atom. The lowest BCUT2D eigenvalue weighted by molar-refractivity contribution is -0.120. The molecule has 0 spiro atoms. The molecular weight excluding hydrogens is 307 g/mol. The monoisotopic (exact) mass is 320 g/mol. The largest absolute Gasteiger partial charge is 0.340 e. The Kier molecular flexibility index (Phi) is 4.48. The van der Waals surface area contributed by atoms with E-state index in [1.807, 2.05) is 0 Å². The van der Waals surface area contributed by atoms with E-state index in [2.05, 4.69) is 10.3 Å². The summed E-state index contributed by atoms with van der Waals surface area (Å²) in [6, 6.07) is 5.99. The van der Waals surface area contributed by atoms with Crippen LogP contribution in [0.15, 0.2) is 30.7 Å². The topological polar surface area (TPSA) is 70.7 Å². The van der Waals surface area contributed by atoms with Crippen LogP contribution in [0.1, 0.15) is 23.7 Å². The van der Waals surface area contributed by atoms with Crippen molar-refractivity contribution in [3.05, 3.63) is 53.4 Å². The van der Waals surface area contributed by atoms with Gasteiger partial charge < -0.3 is 9.88 Å². The normalized spacial score (nSPS) is 13.2. The third-order valence-electron chi connectivity index (χ3n) is 3.51. The molecule has 22 heavy (non-hydrogen) atoms. The molecule has 0 saturated carbocycles. The van der Waals surface area contributed by atoms with Gasteiger partial charge in [0.1, 0.15) is 23.3 Å². The maximum Gasteiger partial charge on any atom is 0.235 e. The highest BCUT2D eigenvalue weighted by molar-refractivity contribution is 6.27. The number of hydrogen-bond acceptors (Lipinski definition) is 3. The molecule has 1 atom stereocenters. The minimum absolute atomic E-state index is 0.0558. The molecule has 5 nitrogen and oxygen atoms in total. The van der Waals surface area contributed by atoms with Gasteiger partial charge in [0.25, 0.3) is 0 Å². The summed E-state index contributed by atoms with van der Waals surface area (Å²) in [4.78, 5) is 15.8. The predicted octanol–water partition coefficient (Wildman–Crippen LogP) is 2.05. The van der Waals surface area contributed by atoms with Crippen molar-refractivity contribution >= 4 is 17.5 Å². The number of imidazole rings is 1. The van der Waals surface area contributed by atoms with E-state index in [1.54, 1.807) is 43.2 Å². The van der Waals surface area contributed by atoms with Crippen LogP contribution in [0.2, 0.25) is 0 Å². The van der Waals surface area contributed by atoms with Gasteiger partial charge in [-0.1, -0.05) is 6.07 Å². The number of carbonyl (C=O) groups excluding carboxylic acids is 1. The van der Waals surface area contributed by atoms with Crippen molar-refractivity contribution in [1.29, 1.82) is 5.26 Å². The quantitative estimate of drug-likeness (QED) is 0.876. The Morgan fingerprint density at radius 2 is 2.32 bits per heavy atom. The predicted molar refractivity (Wildman–Crippen MR) is 79.6 cm³/mol. The van der Waals surface area contributed by atoms with Crippen LogP contribution in [0, 0.1) is 17.1 Å². The van der Waals surface area contributed by atoms with Gasteiger partial charge in [0.15, 0.2) is 0 Å². The zero-order chi connectivity index (χ0) is 16.3. The van der Waals surface area contributed by atoms with Crippen LogP contribution in [-0.2, 0) is 17.4 Å². The zero-order valence-corrected chi connectivity index (χ0v) is 12.9. The number of rotatable bonds is 4. The first kappa shape index (κ1) is 16.0. The van der Waals surface area contributed by atoms with E-state index < -0.39 is 17.3 Å². The van der Waals surface area contributed by atoms with E-state index in [1.165, 1.54) is 12.1 Å². The van der Waals surface area contributed by atoms with Gasteiger partial charge in [0.2, 0.25) is 5.91 Å². The first-order valence-electron chi connectivity index (χ1n) is 6.46. The molecule has 0 saturated heterocycles. The molecule has 1 aromatic carbocycles. The number of amides is 1.